The summed E-state index contributed by atoms with van der Waals surface area (Å²) in [6, 6.07) is 1.92. The lowest BCUT2D eigenvalue weighted by atomic mass is 10.1. The highest BCUT2D eigenvalue weighted by atomic mass is 16.5. The van der Waals surface area contributed by atoms with Gasteiger partial charge in [0.15, 0.2) is 5.76 Å². The molecule has 0 fully saturated rings. The molecule has 0 saturated heterocycles. The van der Waals surface area contributed by atoms with Crippen LogP contribution in [0, 0.1) is 0 Å². The van der Waals surface area contributed by atoms with Crippen LogP contribution in [0.5, 0.6) is 0 Å². The molecule has 0 radical (unpaired) electrons. The van der Waals surface area contributed by atoms with Crippen molar-refractivity contribution in [1.29, 1.82) is 0 Å². The molecule has 0 aliphatic heterocycles. The molecule has 1 rings (SSSR count). The third kappa shape index (κ3) is 8.30. The van der Waals surface area contributed by atoms with E-state index in [1.54, 1.807) is 0 Å². The first kappa shape index (κ1) is 17.1. The van der Waals surface area contributed by atoms with E-state index < -0.39 is 0 Å². The lowest BCUT2D eigenvalue weighted by molar-refractivity contribution is -0.0398. The Morgan fingerprint density at radius 2 is 1.85 bits per heavy atom. The van der Waals surface area contributed by atoms with Gasteiger partial charge in [-0.2, -0.15) is 0 Å². The second kappa shape index (κ2) is 7.20. The van der Waals surface area contributed by atoms with E-state index in [0.717, 1.165) is 11.5 Å². The fourth-order valence-corrected chi connectivity index (χ4v) is 1.44. The molecule has 0 bridgehead atoms. The maximum atomic E-state index is 5.57. The van der Waals surface area contributed by atoms with Gasteiger partial charge in [0.2, 0.25) is 0 Å². The lowest BCUT2D eigenvalue weighted by Crippen LogP contribution is -2.35. The van der Waals surface area contributed by atoms with Crippen LogP contribution in [-0.2, 0) is 22.6 Å². The highest BCUT2D eigenvalue weighted by Crippen LogP contribution is 2.08. The van der Waals surface area contributed by atoms with Crippen molar-refractivity contribution in [3.05, 3.63) is 17.5 Å². The maximum Gasteiger partial charge on any atom is 0.162 e. The normalized spacial score (nSPS) is 12.9. The fourth-order valence-electron chi connectivity index (χ4n) is 1.44. The predicted molar refractivity (Wildman–Crippen MR) is 78.5 cm³/mol. The zero-order valence-electron chi connectivity index (χ0n) is 13.6. The van der Waals surface area contributed by atoms with Crippen LogP contribution in [0.25, 0.3) is 0 Å². The molecule has 5 heteroatoms. The molecule has 1 aromatic rings. The molecule has 0 unspecified atom stereocenters. The Labute approximate surface area is 122 Å². The SMILES string of the molecule is CC(C)(C)NCc1cc(COCCOC(C)(C)C)on1. The van der Waals surface area contributed by atoms with Crippen LogP contribution in [0.3, 0.4) is 0 Å². The first-order valence-corrected chi connectivity index (χ1v) is 7.07. The van der Waals surface area contributed by atoms with Crippen LogP contribution in [0.2, 0.25) is 0 Å². The van der Waals surface area contributed by atoms with Gasteiger partial charge in [-0.3, -0.25) is 0 Å². The summed E-state index contributed by atoms with van der Waals surface area (Å²) in [5.41, 5.74) is 0.839. The highest BCUT2D eigenvalue weighted by molar-refractivity contribution is 5.04. The van der Waals surface area contributed by atoms with Gasteiger partial charge in [-0.05, 0) is 41.5 Å². The van der Waals surface area contributed by atoms with E-state index in [-0.39, 0.29) is 11.1 Å². The smallest absolute Gasteiger partial charge is 0.162 e. The first-order chi connectivity index (χ1) is 9.16. The summed E-state index contributed by atoms with van der Waals surface area (Å²) < 4.78 is 16.3. The van der Waals surface area contributed by atoms with E-state index in [4.69, 9.17) is 14.0 Å². The highest BCUT2D eigenvalue weighted by Gasteiger charge is 2.11. The van der Waals surface area contributed by atoms with E-state index in [2.05, 4.69) is 31.2 Å². The Bertz CT molecular complexity index is 389. The van der Waals surface area contributed by atoms with Crippen molar-refractivity contribution >= 4 is 0 Å². The molecule has 116 valence electrons. The van der Waals surface area contributed by atoms with Gasteiger partial charge in [0.25, 0.3) is 0 Å². The zero-order chi connectivity index (χ0) is 15.2. The first-order valence-electron chi connectivity index (χ1n) is 7.07. The molecule has 0 aromatic carbocycles. The Balaban J connectivity index is 2.20. The minimum Gasteiger partial charge on any atom is -0.373 e. The topological polar surface area (TPSA) is 56.5 Å². The molecule has 0 spiro atoms. The molecular formula is C15H28N2O3. The Morgan fingerprint density at radius 3 is 2.45 bits per heavy atom. The molecule has 1 N–H and O–H groups in total. The van der Waals surface area contributed by atoms with Crippen LogP contribution in [0.4, 0.5) is 0 Å². The van der Waals surface area contributed by atoms with Gasteiger partial charge >= 0.3 is 0 Å². The van der Waals surface area contributed by atoms with Gasteiger partial charge in [0, 0.05) is 18.2 Å². The fraction of sp³-hybridized carbons (Fsp3) is 0.800. The third-order valence-corrected chi connectivity index (χ3v) is 2.41. The number of rotatable bonds is 7. The Morgan fingerprint density at radius 1 is 1.15 bits per heavy atom. The third-order valence-electron chi connectivity index (χ3n) is 2.41. The van der Waals surface area contributed by atoms with E-state index in [0.29, 0.717) is 26.4 Å². The Hall–Kier alpha value is -0.910. The molecule has 0 aliphatic rings. The van der Waals surface area contributed by atoms with Crippen molar-refractivity contribution < 1.29 is 14.0 Å². The van der Waals surface area contributed by atoms with Crippen LogP contribution in [-0.4, -0.2) is 29.5 Å². The van der Waals surface area contributed by atoms with E-state index in [9.17, 15) is 0 Å². The molecule has 0 saturated carbocycles. The standard InChI is InChI=1S/C15H28N2O3/c1-14(2,3)16-10-12-9-13(20-17-12)11-18-7-8-19-15(4,5)6/h9,16H,7-8,10-11H2,1-6H3. The molecule has 0 atom stereocenters. The van der Waals surface area contributed by atoms with Crippen molar-refractivity contribution in [2.45, 2.75) is 65.8 Å². The zero-order valence-corrected chi connectivity index (χ0v) is 13.6. The molecule has 0 amide bonds. The summed E-state index contributed by atoms with van der Waals surface area (Å²) in [5, 5.41) is 7.37. The number of nitrogens with zero attached hydrogens (tertiary/aromatic N) is 1. The number of ether oxygens (including phenoxy) is 2. The van der Waals surface area contributed by atoms with Gasteiger partial charge in [-0.25, -0.2) is 0 Å². The molecular weight excluding hydrogens is 256 g/mol. The number of hydrogen-bond acceptors (Lipinski definition) is 5. The summed E-state index contributed by atoms with van der Waals surface area (Å²) in [7, 11) is 0. The number of aromatic nitrogens is 1. The van der Waals surface area contributed by atoms with Gasteiger partial charge in [-0.15, -0.1) is 0 Å². The van der Waals surface area contributed by atoms with Crippen molar-refractivity contribution in [2.75, 3.05) is 13.2 Å². The molecule has 5 nitrogen and oxygen atoms in total. The van der Waals surface area contributed by atoms with E-state index >= 15 is 0 Å². The second-order valence-corrected chi connectivity index (χ2v) is 6.90. The number of hydrogen-bond donors (Lipinski definition) is 1. The summed E-state index contributed by atoms with van der Waals surface area (Å²) in [6.45, 7) is 14.7. The summed E-state index contributed by atoms with van der Waals surface area (Å²) in [4.78, 5) is 0. The van der Waals surface area contributed by atoms with Crippen LogP contribution < -0.4 is 5.32 Å². The van der Waals surface area contributed by atoms with Gasteiger partial charge in [-0.1, -0.05) is 5.16 Å². The van der Waals surface area contributed by atoms with Gasteiger partial charge in [0.05, 0.1) is 24.5 Å². The lowest BCUT2D eigenvalue weighted by Gasteiger charge is -2.19. The number of nitrogens with one attached hydrogen (secondary N) is 1. The summed E-state index contributed by atoms with van der Waals surface area (Å²) in [5.74, 6) is 0.742. The monoisotopic (exact) mass is 284 g/mol. The predicted octanol–water partition coefficient (Wildman–Crippen LogP) is 2.89. The largest absolute Gasteiger partial charge is 0.373 e. The maximum absolute atomic E-state index is 5.57. The minimum absolute atomic E-state index is 0.0694. The van der Waals surface area contributed by atoms with Gasteiger partial charge in [0.1, 0.15) is 6.61 Å². The van der Waals surface area contributed by atoms with E-state index in [1.807, 2.05) is 26.8 Å². The average molecular weight is 284 g/mol. The Kier molecular flexibility index (Phi) is 6.17. The molecule has 20 heavy (non-hydrogen) atoms. The quantitative estimate of drug-likeness (QED) is 0.780. The van der Waals surface area contributed by atoms with Crippen LogP contribution in [0.1, 0.15) is 53.0 Å². The second-order valence-electron chi connectivity index (χ2n) is 6.90. The molecule has 1 aromatic heterocycles. The van der Waals surface area contributed by atoms with Gasteiger partial charge < -0.3 is 19.3 Å². The summed E-state index contributed by atoms with van der Waals surface area (Å²) in [6.07, 6.45) is 0. The minimum atomic E-state index is -0.124. The van der Waals surface area contributed by atoms with Crippen molar-refractivity contribution in [3.63, 3.8) is 0 Å². The van der Waals surface area contributed by atoms with Crippen molar-refractivity contribution in [3.8, 4) is 0 Å². The van der Waals surface area contributed by atoms with E-state index in [1.165, 1.54) is 0 Å². The summed E-state index contributed by atoms with van der Waals surface area (Å²) >= 11 is 0. The van der Waals surface area contributed by atoms with Crippen LogP contribution in [0.15, 0.2) is 10.6 Å². The molecule has 1 heterocycles. The molecule has 0 aliphatic carbocycles. The van der Waals surface area contributed by atoms with Crippen molar-refractivity contribution in [1.82, 2.24) is 10.5 Å². The average Bonchev–Trinajstić information content (AvgIpc) is 2.71. The van der Waals surface area contributed by atoms with Crippen molar-refractivity contribution in [2.24, 2.45) is 0 Å². The van der Waals surface area contributed by atoms with Crippen LogP contribution >= 0.6 is 0 Å².